The lowest BCUT2D eigenvalue weighted by molar-refractivity contribution is -0.150. The molecule has 162 valence electrons. The minimum atomic E-state index is -1.25. The first-order valence-electron chi connectivity index (χ1n) is 8.85. The van der Waals surface area contributed by atoms with Crippen molar-refractivity contribution in [3.63, 3.8) is 0 Å². The lowest BCUT2D eigenvalue weighted by Crippen LogP contribution is -2.70. The monoisotopic (exact) mass is 481 g/mol. The summed E-state index contributed by atoms with van der Waals surface area (Å²) < 4.78 is 0. The van der Waals surface area contributed by atoms with Gasteiger partial charge in [-0.05, 0) is 17.0 Å². The van der Waals surface area contributed by atoms with Crippen LogP contribution in [0.1, 0.15) is 15.5 Å². The number of carbonyl (C=O) groups excluding carboxylic acids is 2. The van der Waals surface area contributed by atoms with Gasteiger partial charge in [0, 0.05) is 16.4 Å². The maximum absolute atomic E-state index is 12.6. The number of β-lactam (4-membered cyclic amide) rings is 1. The number of nitrogens with zero attached hydrogens (tertiary/aromatic N) is 3. The zero-order valence-electron chi connectivity index (χ0n) is 15.6. The van der Waals surface area contributed by atoms with E-state index in [-0.39, 0.29) is 34.8 Å². The van der Waals surface area contributed by atoms with Gasteiger partial charge in [-0.1, -0.05) is 17.8 Å². The van der Waals surface area contributed by atoms with Gasteiger partial charge in [0.25, 0.3) is 5.91 Å². The average molecular weight is 482 g/mol. The lowest BCUT2D eigenvalue weighted by atomic mass is 10.0. The molecule has 2 aromatic rings. The maximum Gasteiger partial charge on any atom is 0.373 e. The minimum absolute atomic E-state index is 0.108. The predicted molar refractivity (Wildman–Crippen MR) is 112 cm³/mol. The van der Waals surface area contributed by atoms with Crippen LogP contribution in [-0.2, 0) is 20.8 Å². The highest BCUT2D eigenvalue weighted by Gasteiger charge is 2.54. The summed E-state index contributed by atoms with van der Waals surface area (Å²) in [7, 11) is 0. The number of aliphatic carboxylic acids is 1. The van der Waals surface area contributed by atoms with E-state index in [0.29, 0.717) is 11.3 Å². The Bertz CT molecular complexity index is 1080. The largest absolute Gasteiger partial charge is 0.477 e. The van der Waals surface area contributed by atoms with Crippen LogP contribution in [0.2, 0.25) is 0 Å². The van der Waals surface area contributed by atoms with Crippen molar-refractivity contribution < 1.29 is 29.4 Å². The van der Waals surface area contributed by atoms with Gasteiger partial charge < -0.3 is 20.5 Å². The minimum Gasteiger partial charge on any atom is -0.477 e. The molecule has 31 heavy (non-hydrogen) atoms. The van der Waals surface area contributed by atoms with Gasteiger partial charge in [-0.25, -0.2) is 9.59 Å². The first-order chi connectivity index (χ1) is 14.8. The number of aromatic amines is 1. The van der Waals surface area contributed by atoms with Gasteiger partial charge in [0.1, 0.15) is 17.1 Å². The van der Waals surface area contributed by atoms with E-state index < -0.39 is 29.3 Å². The van der Waals surface area contributed by atoms with Crippen LogP contribution in [0, 0.1) is 0 Å². The Morgan fingerprint density at radius 3 is 2.74 bits per heavy atom. The molecule has 14 heteroatoms. The molecular weight excluding hydrogens is 466 g/mol. The molecule has 2 atom stereocenters. The number of thiophene rings is 1. The summed E-state index contributed by atoms with van der Waals surface area (Å²) in [6.45, 7) is 0. The third kappa shape index (κ3) is 4.31. The highest BCUT2D eigenvalue weighted by Crippen LogP contribution is 2.41. The molecule has 4 N–H and O–H groups in total. The Hall–Kier alpha value is -2.84. The number of carboxylic acid groups (broad SMARTS) is 2. The van der Waals surface area contributed by atoms with Crippen molar-refractivity contribution >= 4 is 58.6 Å². The molecule has 1 saturated heterocycles. The number of hydrogen-bond donors (Lipinski definition) is 4. The highest BCUT2D eigenvalue weighted by molar-refractivity contribution is 8.01. The van der Waals surface area contributed by atoms with Gasteiger partial charge in [0.2, 0.25) is 11.7 Å². The van der Waals surface area contributed by atoms with Gasteiger partial charge in [0.15, 0.2) is 5.16 Å². The summed E-state index contributed by atoms with van der Waals surface area (Å²) in [6.07, 6.45) is 0.165. The SMILES string of the molecule is O=C(Cc1cccs1)NC1C(=O)N2C(C(=O)O)=C(CSc3nnc(C(=O)O)[nH]3)CS[C@@H]12. The Labute approximate surface area is 187 Å². The fraction of sp³-hybridized carbons (Fsp3) is 0.294. The number of aromatic carboxylic acids is 1. The molecule has 0 aromatic carbocycles. The molecule has 0 saturated carbocycles. The van der Waals surface area contributed by atoms with Crippen molar-refractivity contribution in [3.8, 4) is 0 Å². The number of nitrogens with one attached hydrogen (secondary N) is 2. The van der Waals surface area contributed by atoms with Crippen molar-refractivity contribution in [3.05, 3.63) is 39.5 Å². The van der Waals surface area contributed by atoms with Gasteiger partial charge in [-0.2, -0.15) is 0 Å². The highest BCUT2D eigenvalue weighted by atomic mass is 32.2. The fourth-order valence-corrected chi connectivity index (χ4v) is 6.15. The maximum atomic E-state index is 12.6. The quantitative estimate of drug-likeness (QED) is 0.310. The molecule has 0 spiro atoms. The fourth-order valence-electron chi connectivity index (χ4n) is 3.15. The van der Waals surface area contributed by atoms with E-state index in [1.165, 1.54) is 28.0 Å². The van der Waals surface area contributed by atoms with Crippen molar-refractivity contribution in [2.45, 2.75) is 23.0 Å². The number of hydrogen-bond acceptors (Lipinski definition) is 9. The second-order valence-electron chi connectivity index (χ2n) is 6.54. The molecule has 2 aliphatic rings. The number of thioether (sulfide) groups is 2. The molecular formula is C17H15N5O6S3. The summed E-state index contributed by atoms with van der Waals surface area (Å²) in [5, 5.41) is 30.1. The first kappa shape index (κ1) is 21.4. The van der Waals surface area contributed by atoms with Crippen LogP contribution in [0.25, 0.3) is 0 Å². The van der Waals surface area contributed by atoms with Crippen LogP contribution in [0.3, 0.4) is 0 Å². The van der Waals surface area contributed by atoms with E-state index in [2.05, 4.69) is 20.5 Å². The van der Waals surface area contributed by atoms with Crippen molar-refractivity contribution in [2.24, 2.45) is 0 Å². The number of aromatic nitrogens is 3. The second-order valence-corrected chi connectivity index (χ2v) is 9.64. The molecule has 11 nitrogen and oxygen atoms in total. The van der Waals surface area contributed by atoms with Crippen LogP contribution in [0.15, 0.2) is 33.9 Å². The molecule has 0 aliphatic carbocycles. The van der Waals surface area contributed by atoms with E-state index >= 15 is 0 Å². The van der Waals surface area contributed by atoms with Crippen LogP contribution >= 0.6 is 34.9 Å². The standard InChI is InChI=1S/C17H15N5O6S3/c23-9(4-8-2-1-3-29-8)18-10-13(24)22-11(15(25)26)7(5-30-14(10)22)6-31-17-19-12(16(27)28)20-21-17/h1-3,10,14H,4-6H2,(H,18,23)(H,25,26)(H,27,28)(H,19,20,21)/t10?,14-/m0/s1. The van der Waals surface area contributed by atoms with Crippen LogP contribution < -0.4 is 5.32 Å². The third-order valence-corrected chi connectivity index (χ3v) is 7.70. The van der Waals surface area contributed by atoms with Crippen molar-refractivity contribution in [2.75, 3.05) is 11.5 Å². The number of fused-ring (bicyclic) bond motifs is 1. The summed E-state index contributed by atoms with van der Waals surface area (Å²) in [4.78, 5) is 52.2. The molecule has 1 unspecified atom stereocenters. The number of amides is 2. The second kappa shape index (κ2) is 8.72. The number of H-pyrrole nitrogens is 1. The Morgan fingerprint density at radius 1 is 1.29 bits per heavy atom. The summed E-state index contributed by atoms with van der Waals surface area (Å²) in [6, 6.07) is 2.90. The number of carbonyl (C=O) groups is 4. The van der Waals surface area contributed by atoms with Gasteiger partial charge in [-0.3, -0.25) is 14.5 Å². The van der Waals surface area contributed by atoms with Crippen molar-refractivity contribution in [1.82, 2.24) is 25.4 Å². The Kier molecular flexibility index (Phi) is 6.02. The van der Waals surface area contributed by atoms with E-state index in [4.69, 9.17) is 5.11 Å². The van der Waals surface area contributed by atoms with Crippen molar-refractivity contribution in [1.29, 1.82) is 0 Å². The average Bonchev–Trinajstić information content (AvgIpc) is 3.41. The summed E-state index contributed by atoms with van der Waals surface area (Å²) in [5.74, 6) is -3.02. The van der Waals surface area contributed by atoms with Crippen LogP contribution in [0.4, 0.5) is 0 Å². The summed E-state index contributed by atoms with van der Waals surface area (Å²) >= 11 is 3.91. The van der Waals surface area contributed by atoms with Gasteiger partial charge in [-0.15, -0.1) is 33.3 Å². The molecule has 4 heterocycles. The Morgan fingerprint density at radius 2 is 2.10 bits per heavy atom. The van der Waals surface area contributed by atoms with E-state index in [9.17, 15) is 24.3 Å². The Balaban J connectivity index is 1.43. The summed E-state index contributed by atoms with van der Waals surface area (Å²) in [5.41, 5.74) is 0.395. The van der Waals surface area contributed by atoms with E-state index in [0.717, 1.165) is 16.6 Å². The third-order valence-electron chi connectivity index (χ3n) is 4.53. The number of rotatable bonds is 8. The molecule has 2 aliphatic heterocycles. The predicted octanol–water partition coefficient (Wildman–Crippen LogP) is 0.638. The zero-order valence-corrected chi connectivity index (χ0v) is 18.1. The number of carboxylic acids is 2. The molecule has 2 amide bonds. The molecule has 1 fully saturated rings. The van der Waals surface area contributed by atoms with Gasteiger partial charge >= 0.3 is 11.9 Å². The molecule has 0 bridgehead atoms. The molecule has 2 aromatic heterocycles. The van der Waals surface area contributed by atoms with Gasteiger partial charge in [0.05, 0.1) is 6.42 Å². The topological polar surface area (TPSA) is 166 Å². The normalized spacial score (nSPS) is 20.3. The van der Waals surface area contributed by atoms with Crippen LogP contribution in [0.5, 0.6) is 0 Å². The van der Waals surface area contributed by atoms with E-state index in [1.54, 1.807) is 0 Å². The smallest absolute Gasteiger partial charge is 0.373 e. The van der Waals surface area contributed by atoms with Crippen LogP contribution in [-0.4, -0.2) is 77.0 Å². The molecule has 0 radical (unpaired) electrons. The molecule has 4 rings (SSSR count). The van der Waals surface area contributed by atoms with E-state index in [1.807, 2.05) is 17.5 Å². The first-order valence-corrected chi connectivity index (χ1v) is 11.8. The zero-order chi connectivity index (χ0) is 22.1. The lowest BCUT2D eigenvalue weighted by Gasteiger charge is -2.49.